The zero-order chi connectivity index (χ0) is 15.3. The molecule has 2 N–H and O–H groups in total. The van der Waals surface area contributed by atoms with Gasteiger partial charge in [-0.15, -0.1) is 0 Å². The lowest BCUT2D eigenvalue weighted by Gasteiger charge is -2.23. The fourth-order valence-electron chi connectivity index (χ4n) is 1.56. The van der Waals surface area contributed by atoms with Crippen molar-refractivity contribution in [1.82, 2.24) is 9.88 Å². The van der Waals surface area contributed by atoms with Gasteiger partial charge in [-0.25, -0.2) is 4.98 Å². The summed E-state index contributed by atoms with van der Waals surface area (Å²) < 4.78 is 0. The second-order valence-corrected chi connectivity index (χ2v) is 4.32. The Labute approximate surface area is 116 Å². The zero-order valence-electron chi connectivity index (χ0n) is 11.7. The van der Waals surface area contributed by atoms with Gasteiger partial charge in [-0.3, -0.25) is 14.9 Å². The third-order valence-electron chi connectivity index (χ3n) is 2.91. The van der Waals surface area contributed by atoms with Crippen LogP contribution in [0, 0.1) is 10.1 Å². The SMILES string of the molecule is CCNc1cc(C(=O)N(C)C(C)CO)c([N+](=O)[O-])cn1. The molecular formula is C12H18N4O4. The number of likely N-dealkylation sites (N-methyl/N-ethyl adjacent to an activating group) is 1. The summed E-state index contributed by atoms with van der Waals surface area (Å²) >= 11 is 0. The minimum atomic E-state index is -0.645. The molecule has 20 heavy (non-hydrogen) atoms. The second-order valence-electron chi connectivity index (χ2n) is 4.32. The third kappa shape index (κ3) is 3.41. The number of hydrogen-bond acceptors (Lipinski definition) is 6. The van der Waals surface area contributed by atoms with Gasteiger partial charge in [0.1, 0.15) is 17.6 Å². The highest BCUT2D eigenvalue weighted by Crippen LogP contribution is 2.22. The summed E-state index contributed by atoms with van der Waals surface area (Å²) in [5.74, 6) is -0.133. The molecule has 1 atom stereocenters. The van der Waals surface area contributed by atoms with E-state index in [0.29, 0.717) is 12.4 Å². The Morgan fingerprint density at radius 1 is 1.65 bits per heavy atom. The predicted molar refractivity (Wildman–Crippen MR) is 73.7 cm³/mol. The van der Waals surface area contributed by atoms with E-state index in [2.05, 4.69) is 10.3 Å². The van der Waals surface area contributed by atoms with Crippen LogP contribution in [0.5, 0.6) is 0 Å². The Morgan fingerprint density at radius 3 is 2.80 bits per heavy atom. The summed E-state index contributed by atoms with van der Waals surface area (Å²) in [6.07, 6.45) is 1.06. The maximum Gasteiger partial charge on any atom is 0.300 e. The molecule has 0 aliphatic heterocycles. The summed E-state index contributed by atoms with van der Waals surface area (Å²) in [4.78, 5) is 27.8. The maximum absolute atomic E-state index is 12.3. The molecule has 0 saturated carbocycles. The smallest absolute Gasteiger partial charge is 0.300 e. The molecule has 0 fully saturated rings. The Morgan fingerprint density at radius 2 is 2.30 bits per heavy atom. The van der Waals surface area contributed by atoms with Crippen LogP contribution >= 0.6 is 0 Å². The lowest BCUT2D eigenvalue weighted by molar-refractivity contribution is -0.385. The zero-order valence-corrected chi connectivity index (χ0v) is 11.7. The first-order valence-electron chi connectivity index (χ1n) is 6.18. The Kier molecular flexibility index (Phi) is 5.39. The molecule has 1 aromatic rings. The largest absolute Gasteiger partial charge is 0.394 e. The summed E-state index contributed by atoms with van der Waals surface area (Å²) in [5, 5.41) is 22.9. The van der Waals surface area contributed by atoms with Crippen LogP contribution in [0.25, 0.3) is 0 Å². The Hall–Kier alpha value is -2.22. The average Bonchev–Trinajstić information content (AvgIpc) is 2.44. The number of amides is 1. The number of nitro groups is 1. The second kappa shape index (κ2) is 6.80. The monoisotopic (exact) mass is 282 g/mol. The van der Waals surface area contributed by atoms with Gasteiger partial charge in [-0.2, -0.15) is 0 Å². The van der Waals surface area contributed by atoms with Crippen molar-refractivity contribution in [3.05, 3.63) is 27.9 Å². The fraction of sp³-hybridized carbons (Fsp3) is 0.500. The first-order chi connectivity index (χ1) is 9.42. The molecule has 1 heterocycles. The van der Waals surface area contributed by atoms with Crippen molar-refractivity contribution in [2.45, 2.75) is 19.9 Å². The first kappa shape index (κ1) is 15.8. The maximum atomic E-state index is 12.3. The van der Waals surface area contributed by atoms with E-state index in [1.807, 2.05) is 6.92 Å². The minimum Gasteiger partial charge on any atom is -0.394 e. The van der Waals surface area contributed by atoms with Crippen LogP contribution in [0.15, 0.2) is 12.3 Å². The van der Waals surface area contributed by atoms with E-state index >= 15 is 0 Å². The third-order valence-corrected chi connectivity index (χ3v) is 2.91. The van der Waals surface area contributed by atoms with Gasteiger partial charge in [0.25, 0.3) is 11.6 Å². The van der Waals surface area contributed by atoms with Crippen molar-refractivity contribution in [1.29, 1.82) is 0 Å². The number of aromatic nitrogens is 1. The van der Waals surface area contributed by atoms with E-state index in [0.717, 1.165) is 6.20 Å². The van der Waals surface area contributed by atoms with Gasteiger partial charge < -0.3 is 15.3 Å². The molecule has 0 aliphatic carbocycles. The quantitative estimate of drug-likeness (QED) is 0.592. The van der Waals surface area contributed by atoms with Gasteiger partial charge >= 0.3 is 0 Å². The van der Waals surface area contributed by atoms with Crippen LogP contribution in [0.3, 0.4) is 0 Å². The lowest BCUT2D eigenvalue weighted by Crippen LogP contribution is -2.37. The molecule has 8 nitrogen and oxygen atoms in total. The first-order valence-corrected chi connectivity index (χ1v) is 6.18. The van der Waals surface area contributed by atoms with E-state index in [1.165, 1.54) is 18.0 Å². The number of pyridine rings is 1. The van der Waals surface area contributed by atoms with Crippen molar-refractivity contribution in [2.24, 2.45) is 0 Å². The number of anilines is 1. The molecule has 0 aliphatic rings. The summed E-state index contributed by atoms with van der Waals surface area (Å²) in [6, 6.07) is 0.919. The van der Waals surface area contributed by atoms with Gasteiger partial charge in [-0.1, -0.05) is 0 Å². The highest BCUT2D eigenvalue weighted by atomic mass is 16.6. The molecule has 0 radical (unpaired) electrons. The highest BCUT2D eigenvalue weighted by molar-refractivity contribution is 5.98. The van der Waals surface area contributed by atoms with Crippen LogP contribution < -0.4 is 5.32 Å². The van der Waals surface area contributed by atoms with Crippen molar-refractivity contribution in [3.63, 3.8) is 0 Å². The Balaban J connectivity index is 3.21. The van der Waals surface area contributed by atoms with Gasteiger partial charge in [-0.05, 0) is 13.8 Å². The van der Waals surface area contributed by atoms with E-state index in [4.69, 9.17) is 5.11 Å². The van der Waals surface area contributed by atoms with E-state index in [1.54, 1.807) is 6.92 Å². The van der Waals surface area contributed by atoms with Crippen LogP contribution in [0.2, 0.25) is 0 Å². The normalized spacial score (nSPS) is 11.8. The number of rotatable bonds is 6. The summed E-state index contributed by atoms with van der Waals surface area (Å²) in [7, 11) is 1.49. The van der Waals surface area contributed by atoms with Gasteiger partial charge in [0.2, 0.25) is 0 Å². The van der Waals surface area contributed by atoms with Crippen molar-refractivity contribution in [3.8, 4) is 0 Å². The van der Waals surface area contributed by atoms with Crippen molar-refractivity contribution >= 4 is 17.4 Å². The number of nitrogens with one attached hydrogen (secondary N) is 1. The molecule has 110 valence electrons. The van der Waals surface area contributed by atoms with E-state index < -0.39 is 16.9 Å². The predicted octanol–water partition coefficient (Wildman–Crippen LogP) is 0.874. The summed E-state index contributed by atoms with van der Waals surface area (Å²) in [5.41, 5.74) is -0.405. The number of aliphatic hydroxyl groups excluding tert-OH is 1. The molecule has 1 unspecified atom stereocenters. The topological polar surface area (TPSA) is 109 Å². The molecule has 0 bridgehead atoms. The van der Waals surface area contributed by atoms with Gasteiger partial charge in [0.15, 0.2) is 0 Å². The number of hydrogen-bond donors (Lipinski definition) is 2. The number of nitrogens with zero attached hydrogens (tertiary/aromatic N) is 3. The van der Waals surface area contributed by atoms with E-state index in [9.17, 15) is 14.9 Å². The molecule has 1 aromatic heterocycles. The summed E-state index contributed by atoms with van der Waals surface area (Å²) in [6.45, 7) is 3.86. The molecule has 1 amide bonds. The number of aliphatic hydroxyl groups is 1. The van der Waals surface area contributed by atoms with Gasteiger partial charge in [0.05, 0.1) is 17.6 Å². The molecule has 0 spiro atoms. The minimum absolute atomic E-state index is 0.0521. The van der Waals surface area contributed by atoms with Crippen LogP contribution in [-0.2, 0) is 0 Å². The van der Waals surface area contributed by atoms with Crippen LogP contribution in [-0.4, -0.2) is 52.1 Å². The number of carbonyl (C=O) groups excluding carboxylic acids is 1. The molecule has 1 rings (SSSR count). The number of carbonyl (C=O) groups is 1. The molecule has 0 aromatic carbocycles. The van der Waals surface area contributed by atoms with Crippen molar-refractivity contribution < 1.29 is 14.8 Å². The molecule has 8 heteroatoms. The van der Waals surface area contributed by atoms with E-state index in [-0.39, 0.29) is 17.9 Å². The lowest BCUT2D eigenvalue weighted by atomic mass is 10.1. The fourth-order valence-corrected chi connectivity index (χ4v) is 1.56. The standard InChI is InChI=1S/C12H18N4O4/c1-4-13-11-5-9(10(6-14-11)16(19)20)12(18)15(3)8(2)7-17/h5-6,8,17H,4,7H2,1-3H3,(H,13,14). The molecular weight excluding hydrogens is 264 g/mol. The molecule has 0 saturated heterocycles. The van der Waals surface area contributed by atoms with Crippen LogP contribution in [0.4, 0.5) is 11.5 Å². The van der Waals surface area contributed by atoms with Crippen molar-refractivity contribution in [2.75, 3.05) is 25.5 Å². The highest BCUT2D eigenvalue weighted by Gasteiger charge is 2.26. The Bertz CT molecular complexity index is 506. The van der Waals surface area contributed by atoms with Gasteiger partial charge in [0, 0.05) is 19.7 Å². The average molecular weight is 282 g/mol. The van der Waals surface area contributed by atoms with Crippen LogP contribution in [0.1, 0.15) is 24.2 Å².